The number of carbonyl (C=O) groups excluding carboxylic acids is 1. The number of nitrogens with two attached hydrogens (primary N) is 1. The number of ether oxygens (including phenoxy) is 1. The first kappa shape index (κ1) is 16.4. The summed E-state index contributed by atoms with van der Waals surface area (Å²) in [6.45, 7) is 9.86. The Balaban J connectivity index is 2.66. The second-order valence-electron chi connectivity index (χ2n) is 5.54. The molecule has 1 atom stereocenters. The van der Waals surface area contributed by atoms with Crippen molar-refractivity contribution in [3.05, 3.63) is 23.5 Å². The van der Waals surface area contributed by atoms with E-state index in [2.05, 4.69) is 24.1 Å². The van der Waals surface area contributed by atoms with Gasteiger partial charge in [0.1, 0.15) is 5.75 Å². The lowest BCUT2D eigenvalue weighted by Gasteiger charge is -2.14. The summed E-state index contributed by atoms with van der Waals surface area (Å²) in [4.78, 5) is 15.5. The molecule has 0 saturated heterocycles. The molecule has 0 aliphatic heterocycles. The van der Waals surface area contributed by atoms with Crippen LogP contribution in [0.2, 0.25) is 0 Å². The highest BCUT2D eigenvalue weighted by Gasteiger charge is 2.12. The van der Waals surface area contributed by atoms with Crippen LogP contribution in [0.5, 0.6) is 5.75 Å². The van der Waals surface area contributed by atoms with E-state index in [1.165, 1.54) is 0 Å². The van der Waals surface area contributed by atoms with Gasteiger partial charge in [0.25, 0.3) is 0 Å². The molecule has 1 aromatic rings. The maximum absolute atomic E-state index is 11.0. The molecular formula is C15H25N3O2. The van der Waals surface area contributed by atoms with Crippen LogP contribution >= 0.6 is 0 Å². The second-order valence-corrected chi connectivity index (χ2v) is 5.54. The van der Waals surface area contributed by atoms with Crippen molar-refractivity contribution in [1.29, 1.82) is 0 Å². The summed E-state index contributed by atoms with van der Waals surface area (Å²) in [7, 11) is 0. The average Bonchev–Trinajstić information content (AvgIpc) is 2.36. The summed E-state index contributed by atoms with van der Waals surface area (Å²) in [5, 5.41) is 3.35. The van der Waals surface area contributed by atoms with Crippen molar-refractivity contribution in [3.8, 4) is 5.75 Å². The van der Waals surface area contributed by atoms with Crippen LogP contribution in [-0.2, 0) is 11.3 Å². The molecule has 0 fully saturated rings. The van der Waals surface area contributed by atoms with Gasteiger partial charge in [0.05, 0.1) is 18.2 Å². The SMILES string of the molecule is Cc1ccc(OCC(C)C(N)=O)c(CNCC(C)C)n1. The molecule has 112 valence electrons. The van der Waals surface area contributed by atoms with Gasteiger partial charge in [-0.1, -0.05) is 20.8 Å². The molecule has 1 aromatic heterocycles. The Hall–Kier alpha value is -1.62. The van der Waals surface area contributed by atoms with Crippen LogP contribution in [0.4, 0.5) is 0 Å². The minimum Gasteiger partial charge on any atom is -0.491 e. The van der Waals surface area contributed by atoms with Crippen LogP contribution in [0.15, 0.2) is 12.1 Å². The Morgan fingerprint density at radius 1 is 1.40 bits per heavy atom. The molecule has 0 saturated carbocycles. The average molecular weight is 279 g/mol. The fourth-order valence-corrected chi connectivity index (χ4v) is 1.63. The molecule has 1 amide bonds. The number of aromatic nitrogens is 1. The van der Waals surface area contributed by atoms with E-state index in [0.717, 1.165) is 17.9 Å². The molecule has 5 nitrogen and oxygen atoms in total. The Morgan fingerprint density at radius 3 is 2.70 bits per heavy atom. The molecule has 1 rings (SSSR count). The van der Waals surface area contributed by atoms with Crippen molar-refractivity contribution in [1.82, 2.24) is 10.3 Å². The Morgan fingerprint density at radius 2 is 2.10 bits per heavy atom. The van der Waals surface area contributed by atoms with E-state index in [0.29, 0.717) is 18.2 Å². The summed E-state index contributed by atoms with van der Waals surface area (Å²) in [5.74, 6) is 0.622. The molecule has 5 heteroatoms. The highest BCUT2D eigenvalue weighted by Crippen LogP contribution is 2.17. The lowest BCUT2D eigenvalue weighted by Crippen LogP contribution is -2.26. The second kappa shape index (κ2) is 7.85. The van der Waals surface area contributed by atoms with Gasteiger partial charge >= 0.3 is 0 Å². The van der Waals surface area contributed by atoms with Crippen LogP contribution in [0.3, 0.4) is 0 Å². The molecule has 0 aromatic carbocycles. The van der Waals surface area contributed by atoms with Gasteiger partial charge in [0, 0.05) is 12.2 Å². The third-order valence-electron chi connectivity index (χ3n) is 2.89. The lowest BCUT2D eigenvalue weighted by molar-refractivity contribution is -0.122. The maximum Gasteiger partial charge on any atom is 0.223 e. The summed E-state index contributed by atoms with van der Waals surface area (Å²) >= 11 is 0. The zero-order valence-corrected chi connectivity index (χ0v) is 12.8. The van der Waals surface area contributed by atoms with Gasteiger partial charge in [-0.2, -0.15) is 0 Å². The van der Waals surface area contributed by atoms with Crippen molar-refractivity contribution in [2.75, 3.05) is 13.2 Å². The van der Waals surface area contributed by atoms with E-state index in [9.17, 15) is 4.79 Å². The number of nitrogens with zero attached hydrogens (tertiary/aromatic N) is 1. The van der Waals surface area contributed by atoms with Crippen LogP contribution in [-0.4, -0.2) is 24.0 Å². The number of primary amides is 1. The quantitative estimate of drug-likeness (QED) is 0.758. The fourth-order valence-electron chi connectivity index (χ4n) is 1.63. The molecule has 0 aliphatic carbocycles. The van der Waals surface area contributed by atoms with Gasteiger partial charge in [-0.3, -0.25) is 9.78 Å². The number of amides is 1. The smallest absolute Gasteiger partial charge is 0.223 e. The molecule has 0 spiro atoms. The van der Waals surface area contributed by atoms with Crippen LogP contribution in [0, 0.1) is 18.8 Å². The number of rotatable bonds is 8. The predicted octanol–water partition coefficient (Wildman–Crippen LogP) is 1.64. The monoisotopic (exact) mass is 279 g/mol. The van der Waals surface area contributed by atoms with Gasteiger partial charge in [-0.05, 0) is 31.5 Å². The minimum atomic E-state index is -0.357. The van der Waals surface area contributed by atoms with Crippen molar-refractivity contribution in [3.63, 3.8) is 0 Å². The van der Waals surface area contributed by atoms with Gasteiger partial charge < -0.3 is 15.8 Å². The van der Waals surface area contributed by atoms with E-state index in [1.807, 2.05) is 19.1 Å². The van der Waals surface area contributed by atoms with Gasteiger partial charge in [-0.25, -0.2) is 0 Å². The Labute approximate surface area is 120 Å². The Kier molecular flexibility index (Phi) is 6.45. The summed E-state index contributed by atoms with van der Waals surface area (Å²) in [5.41, 5.74) is 7.04. The van der Waals surface area contributed by atoms with Crippen molar-refractivity contribution in [2.24, 2.45) is 17.6 Å². The molecule has 3 N–H and O–H groups in total. The first-order chi connectivity index (χ1) is 9.40. The summed E-state index contributed by atoms with van der Waals surface area (Å²) in [6.07, 6.45) is 0. The molecule has 0 radical (unpaired) electrons. The van der Waals surface area contributed by atoms with Crippen LogP contribution < -0.4 is 15.8 Å². The largest absolute Gasteiger partial charge is 0.491 e. The topological polar surface area (TPSA) is 77.2 Å². The number of nitrogens with one attached hydrogen (secondary N) is 1. The number of aryl methyl sites for hydroxylation is 1. The van der Waals surface area contributed by atoms with Crippen molar-refractivity contribution in [2.45, 2.75) is 34.2 Å². The molecule has 0 aliphatic rings. The molecule has 0 bridgehead atoms. The van der Waals surface area contributed by atoms with Gasteiger partial charge in [-0.15, -0.1) is 0 Å². The number of hydrogen-bond donors (Lipinski definition) is 2. The number of carbonyl (C=O) groups is 1. The van der Waals surface area contributed by atoms with E-state index < -0.39 is 0 Å². The van der Waals surface area contributed by atoms with E-state index in [-0.39, 0.29) is 18.4 Å². The lowest BCUT2D eigenvalue weighted by atomic mass is 10.2. The fraction of sp³-hybridized carbons (Fsp3) is 0.600. The normalized spacial score (nSPS) is 12.4. The maximum atomic E-state index is 11.0. The molecule has 20 heavy (non-hydrogen) atoms. The highest BCUT2D eigenvalue weighted by atomic mass is 16.5. The summed E-state index contributed by atoms with van der Waals surface area (Å²) < 4.78 is 5.67. The number of hydrogen-bond acceptors (Lipinski definition) is 4. The predicted molar refractivity (Wildman–Crippen MR) is 79.4 cm³/mol. The third kappa shape index (κ3) is 5.57. The standard InChI is InChI=1S/C15H25N3O2/c1-10(2)7-17-8-13-14(6-5-12(4)18-13)20-9-11(3)15(16)19/h5-6,10-11,17H,7-9H2,1-4H3,(H2,16,19). The first-order valence-corrected chi connectivity index (χ1v) is 6.99. The van der Waals surface area contributed by atoms with E-state index >= 15 is 0 Å². The van der Waals surface area contributed by atoms with E-state index in [4.69, 9.17) is 10.5 Å². The van der Waals surface area contributed by atoms with E-state index in [1.54, 1.807) is 6.92 Å². The third-order valence-corrected chi connectivity index (χ3v) is 2.89. The summed E-state index contributed by atoms with van der Waals surface area (Å²) in [6, 6.07) is 3.79. The minimum absolute atomic E-state index is 0.275. The van der Waals surface area contributed by atoms with Gasteiger partial charge in [0.2, 0.25) is 5.91 Å². The molecule has 1 heterocycles. The zero-order valence-electron chi connectivity index (χ0n) is 12.8. The van der Waals surface area contributed by atoms with Crippen LogP contribution in [0.25, 0.3) is 0 Å². The van der Waals surface area contributed by atoms with Crippen molar-refractivity contribution >= 4 is 5.91 Å². The Bertz CT molecular complexity index is 447. The highest BCUT2D eigenvalue weighted by molar-refractivity contribution is 5.76. The van der Waals surface area contributed by atoms with Gasteiger partial charge in [0.15, 0.2) is 0 Å². The zero-order chi connectivity index (χ0) is 15.1. The van der Waals surface area contributed by atoms with Crippen LogP contribution in [0.1, 0.15) is 32.2 Å². The molecular weight excluding hydrogens is 254 g/mol. The van der Waals surface area contributed by atoms with Crippen molar-refractivity contribution < 1.29 is 9.53 Å². The number of pyridine rings is 1. The first-order valence-electron chi connectivity index (χ1n) is 6.99. The molecule has 1 unspecified atom stereocenters.